The van der Waals surface area contributed by atoms with Gasteiger partial charge in [-0.15, -0.1) is 0 Å². The van der Waals surface area contributed by atoms with Crippen molar-refractivity contribution in [2.24, 2.45) is 0 Å². The number of aliphatic carboxylic acids is 1. The molecule has 1 heterocycles. The van der Waals surface area contributed by atoms with Crippen LogP contribution in [-0.4, -0.2) is 33.3 Å². The largest absolute Gasteiger partial charge is 0.480 e. The van der Waals surface area contributed by atoms with Crippen molar-refractivity contribution in [3.05, 3.63) is 52.8 Å². The molecule has 2 aromatic rings. The molecule has 1 amide bonds. The Morgan fingerprint density at radius 1 is 1.24 bits per heavy atom. The summed E-state index contributed by atoms with van der Waals surface area (Å²) in [6.07, 6.45) is 0. The minimum absolute atomic E-state index is 0.383. The second-order valence-electron chi connectivity index (χ2n) is 4.86. The average molecular weight is 287 g/mol. The summed E-state index contributed by atoms with van der Waals surface area (Å²) < 4.78 is 1.90. The van der Waals surface area contributed by atoms with Crippen molar-refractivity contribution in [1.82, 2.24) is 15.1 Å². The summed E-state index contributed by atoms with van der Waals surface area (Å²) in [5.74, 6) is -1.46. The van der Waals surface area contributed by atoms with Gasteiger partial charge in [0.25, 0.3) is 5.91 Å². The summed E-state index contributed by atoms with van der Waals surface area (Å²) in [5, 5.41) is 15.2. The topological polar surface area (TPSA) is 84.2 Å². The van der Waals surface area contributed by atoms with Crippen LogP contribution in [0.15, 0.2) is 30.3 Å². The first-order chi connectivity index (χ1) is 9.95. The van der Waals surface area contributed by atoms with Crippen molar-refractivity contribution in [2.45, 2.75) is 20.4 Å². The third-order valence-electron chi connectivity index (χ3n) is 3.05. The predicted molar refractivity (Wildman–Crippen MR) is 77.2 cm³/mol. The lowest BCUT2D eigenvalue weighted by Crippen LogP contribution is -2.29. The molecule has 0 aliphatic heterocycles. The Hall–Kier alpha value is -2.63. The Bertz CT molecular complexity index is 659. The minimum atomic E-state index is -1.07. The highest BCUT2D eigenvalue weighted by Crippen LogP contribution is 2.09. The van der Waals surface area contributed by atoms with Crippen LogP contribution in [0.5, 0.6) is 0 Å². The normalized spacial score (nSPS) is 10.4. The Labute approximate surface area is 122 Å². The fraction of sp³-hybridized carbons (Fsp3) is 0.267. The number of benzene rings is 1. The number of hydrogen-bond donors (Lipinski definition) is 2. The van der Waals surface area contributed by atoms with Crippen LogP contribution in [0.2, 0.25) is 0 Å². The van der Waals surface area contributed by atoms with Crippen LogP contribution in [0, 0.1) is 13.8 Å². The highest BCUT2D eigenvalue weighted by atomic mass is 16.4. The zero-order valence-electron chi connectivity index (χ0n) is 12.0. The Morgan fingerprint density at radius 2 is 1.90 bits per heavy atom. The van der Waals surface area contributed by atoms with Gasteiger partial charge < -0.3 is 10.4 Å². The number of carbonyl (C=O) groups is 2. The Morgan fingerprint density at radius 3 is 2.43 bits per heavy atom. The number of nitrogens with one attached hydrogen (secondary N) is 1. The molecule has 1 aromatic carbocycles. The zero-order chi connectivity index (χ0) is 15.4. The van der Waals surface area contributed by atoms with E-state index < -0.39 is 11.9 Å². The van der Waals surface area contributed by atoms with Gasteiger partial charge in [-0.3, -0.25) is 14.3 Å². The standard InChI is InChI=1S/C15H17N3O3/c1-10-7-11(2)18(17-10)9-12-3-5-13(6-4-12)15(21)16-8-14(19)20/h3-7H,8-9H2,1-2H3,(H,16,21)(H,19,20). The maximum absolute atomic E-state index is 11.7. The predicted octanol–water partition coefficient (Wildman–Crippen LogP) is 1.36. The fourth-order valence-electron chi connectivity index (χ4n) is 2.03. The molecule has 0 fully saturated rings. The molecule has 0 saturated carbocycles. The van der Waals surface area contributed by atoms with Gasteiger partial charge in [0.05, 0.1) is 12.2 Å². The summed E-state index contributed by atoms with van der Waals surface area (Å²) in [4.78, 5) is 22.1. The molecule has 0 aliphatic carbocycles. The zero-order valence-corrected chi connectivity index (χ0v) is 12.0. The van der Waals surface area contributed by atoms with Gasteiger partial charge in [0, 0.05) is 11.3 Å². The number of carboxylic acids is 1. The SMILES string of the molecule is Cc1cc(C)n(Cc2ccc(C(=O)NCC(=O)O)cc2)n1. The third kappa shape index (κ3) is 3.92. The van der Waals surface area contributed by atoms with Crippen LogP contribution in [0.25, 0.3) is 0 Å². The highest BCUT2D eigenvalue weighted by Gasteiger charge is 2.07. The van der Waals surface area contributed by atoms with E-state index in [0.29, 0.717) is 12.1 Å². The van der Waals surface area contributed by atoms with E-state index in [1.54, 1.807) is 12.1 Å². The molecule has 1 aromatic heterocycles. The van der Waals surface area contributed by atoms with E-state index in [-0.39, 0.29) is 6.54 Å². The molecule has 2 rings (SSSR count). The van der Waals surface area contributed by atoms with Crippen molar-refractivity contribution in [3.8, 4) is 0 Å². The molecule has 0 spiro atoms. The molecule has 0 saturated heterocycles. The van der Waals surface area contributed by atoms with Crippen LogP contribution in [0.3, 0.4) is 0 Å². The minimum Gasteiger partial charge on any atom is -0.480 e. The number of amides is 1. The lowest BCUT2D eigenvalue weighted by molar-refractivity contribution is -0.135. The van der Waals surface area contributed by atoms with Crippen LogP contribution in [0.1, 0.15) is 27.3 Å². The Kier molecular flexibility index (Phi) is 4.37. The smallest absolute Gasteiger partial charge is 0.322 e. The second-order valence-corrected chi connectivity index (χ2v) is 4.86. The molecule has 6 heteroatoms. The molecular weight excluding hydrogens is 270 g/mol. The molecule has 6 nitrogen and oxygen atoms in total. The summed E-state index contributed by atoms with van der Waals surface area (Å²) in [6.45, 7) is 4.19. The molecule has 110 valence electrons. The van der Waals surface area contributed by atoms with E-state index in [1.165, 1.54) is 0 Å². The van der Waals surface area contributed by atoms with Gasteiger partial charge in [-0.05, 0) is 37.6 Å². The van der Waals surface area contributed by atoms with Crippen molar-refractivity contribution in [3.63, 3.8) is 0 Å². The number of rotatable bonds is 5. The van der Waals surface area contributed by atoms with Crippen LogP contribution in [-0.2, 0) is 11.3 Å². The van der Waals surface area contributed by atoms with Gasteiger partial charge in [-0.1, -0.05) is 12.1 Å². The van der Waals surface area contributed by atoms with Gasteiger partial charge in [-0.25, -0.2) is 0 Å². The molecule has 21 heavy (non-hydrogen) atoms. The third-order valence-corrected chi connectivity index (χ3v) is 3.05. The van der Waals surface area contributed by atoms with Crippen molar-refractivity contribution >= 4 is 11.9 Å². The van der Waals surface area contributed by atoms with E-state index in [0.717, 1.165) is 17.0 Å². The van der Waals surface area contributed by atoms with Crippen molar-refractivity contribution < 1.29 is 14.7 Å². The van der Waals surface area contributed by atoms with Crippen LogP contribution in [0.4, 0.5) is 0 Å². The number of aromatic nitrogens is 2. The number of aryl methyl sites for hydroxylation is 2. The van der Waals surface area contributed by atoms with Crippen molar-refractivity contribution in [1.29, 1.82) is 0 Å². The monoisotopic (exact) mass is 287 g/mol. The molecule has 0 radical (unpaired) electrons. The van der Waals surface area contributed by atoms with Gasteiger partial charge in [0.1, 0.15) is 6.54 Å². The van der Waals surface area contributed by atoms with E-state index >= 15 is 0 Å². The summed E-state index contributed by atoms with van der Waals surface area (Å²) >= 11 is 0. The van der Waals surface area contributed by atoms with E-state index in [9.17, 15) is 9.59 Å². The summed E-state index contributed by atoms with van der Waals surface area (Å²) in [6, 6.07) is 9.04. The lowest BCUT2D eigenvalue weighted by atomic mass is 10.1. The first-order valence-electron chi connectivity index (χ1n) is 6.55. The number of carboxylic acid groups (broad SMARTS) is 1. The van der Waals surface area contributed by atoms with Gasteiger partial charge >= 0.3 is 5.97 Å². The summed E-state index contributed by atoms with van der Waals surface area (Å²) in [5.41, 5.74) is 3.51. The van der Waals surface area contributed by atoms with Gasteiger partial charge in [0.2, 0.25) is 0 Å². The average Bonchev–Trinajstić information content (AvgIpc) is 2.75. The van der Waals surface area contributed by atoms with Crippen LogP contribution >= 0.6 is 0 Å². The quantitative estimate of drug-likeness (QED) is 0.869. The van der Waals surface area contributed by atoms with E-state index in [1.807, 2.05) is 36.7 Å². The maximum Gasteiger partial charge on any atom is 0.322 e. The van der Waals surface area contributed by atoms with Crippen LogP contribution < -0.4 is 5.32 Å². The first kappa shape index (κ1) is 14.8. The maximum atomic E-state index is 11.7. The van der Waals surface area contributed by atoms with Gasteiger partial charge in [-0.2, -0.15) is 5.10 Å². The molecule has 2 N–H and O–H groups in total. The first-order valence-corrected chi connectivity index (χ1v) is 6.55. The highest BCUT2D eigenvalue weighted by molar-refractivity contribution is 5.95. The Balaban J connectivity index is 2.03. The molecular formula is C15H17N3O3. The van der Waals surface area contributed by atoms with Crippen molar-refractivity contribution in [2.75, 3.05) is 6.54 Å². The fourth-order valence-corrected chi connectivity index (χ4v) is 2.03. The number of carbonyl (C=O) groups excluding carboxylic acids is 1. The molecule has 0 bridgehead atoms. The van der Waals surface area contributed by atoms with E-state index in [4.69, 9.17) is 5.11 Å². The van der Waals surface area contributed by atoms with E-state index in [2.05, 4.69) is 10.4 Å². The number of hydrogen-bond acceptors (Lipinski definition) is 3. The van der Waals surface area contributed by atoms with Gasteiger partial charge in [0.15, 0.2) is 0 Å². The molecule has 0 atom stereocenters. The lowest BCUT2D eigenvalue weighted by Gasteiger charge is -2.06. The summed E-state index contributed by atoms with van der Waals surface area (Å²) in [7, 11) is 0. The molecule has 0 aliphatic rings. The number of nitrogens with zero attached hydrogens (tertiary/aromatic N) is 2. The second kappa shape index (κ2) is 6.21. The molecule has 0 unspecified atom stereocenters.